The average molecular weight is 404 g/mol. The van der Waals surface area contributed by atoms with Crippen LogP contribution in [0.5, 0.6) is 5.75 Å². The van der Waals surface area contributed by atoms with Crippen LogP contribution < -0.4 is 15.2 Å². The standard InChI is InChI=1S/C20H12N4O4S/c1-28-13-9-7-12(8-10-13)23-18(26)15-16(19(23)27)29-20-21-17(25)14(22-24(15)20)11-5-3-2-4-6-11/h2-10H,1H3. The highest BCUT2D eigenvalue weighted by Crippen LogP contribution is 2.34. The molecule has 29 heavy (non-hydrogen) atoms. The molecule has 4 aromatic rings. The van der Waals surface area contributed by atoms with Crippen LogP contribution in [0.15, 0.2) is 59.4 Å². The molecule has 0 radical (unpaired) electrons. The Bertz CT molecular complexity index is 1340. The van der Waals surface area contributed by atoms with Crippen LogP contribution in [-0.4, -0.2) is 33.5 Å². The highest BCUT2D eigenvalue weighted by molar-refractivity contribution is 7.19. The molecule has 0 spiro atoms. The molecule has 0 fully saturated rings. The zero-order chi connectivity index (χ0) is 20.1. The summed E-state index contributed by atoms with van der Waals surface area (Å²) in [6.07, 6.45) is 0. The Balaban J connectivity index is 1.65. The van der Waals surface area contributed by atoms with Gasteiger partial charge in [0.2, 0.25) is 4.96 Å². The summed E-state index contributed by atoms with van der Waals surface area (Å²) >= 11 is 0.975. The van der Waals surface area contributed by atoms with Crippen LogP contribution in [0.25, 0.3) is 16.2 Å². The molecule has 5 rings (SSSR count). The van der Waals surface area contributed by atoms with Gasteiger partial charge in [-0.3, -0.25) is 14.4 Å². The number of rotatable bonds is 3. The molecule has 1 aliphatic rings. The van der Waals surface area contributed by atoms with Crippen LogP contribution in [0, 0.1) is 0 Å². The fourth-order valence-corrected chi connectivity index (χ4v) is 4.17. The van der Waals surface area contributed by atoms with E-state index in [1.807, 2.05) is 6.07 Å². The number of hydrogen-bond acceptors (Lipinski definition) is 7. The van der Waals surface area contributed by atoms with E-state index in [2.05, 4.69) is 10.1 Å². The average Bonchev–Trinajstić information content (AvgIpc) is 3.23. The zero-order valence-electron chi connectivity index (χ0n) is 15.0. The Labute approximate surface area is 167 Å². The van der Waals surface area contributed by atoms with Gasteiger partial charge in [-0.1, -0.05) is 41.7 Å². The Kier molecular flexibility index (Phi) is 3.78. The van der Waals surface area contributed by atoms with Crippen LogP contribution in [0.3, 0.4) is 0 Å². The van der Waals surface area contributed by atoms with Crippen LogP contribution in [0.2, 0.25) is 0 Å². The van der Waals surface area contributed by atoms with Gasteiger partial charge in [-0.15, -0.1) is 0 Å². The maximum atomic E-state index is 13.1. The molecule has 0 saturated carbocycles. The van der Waals surface area contributed by atoms with Crippen molar-refractivity contribution in [3.05, 3.63) is 75.5 Å². The maximum Gasteiger partial charge on any atom is 0.300 e. The SMILES string of the molecule is COc1ccc(N2C(=O)c3sc4nc(=O)c(-c5ccccc5)nn4c3C2=O)cc1. The lowest BCUT2D eigenvalue weighted by molar-refractivity contribution is 0.0924. The minimum Gasteiger partial charge on any atom is -0.497 e. The molecule has 1 aliphatic heterocycles. The molecule has 0 aliphatic carbocycles. The second-order valence-electron chi connectivity index (χ2n) is 6.25. The fraction of sp³-hybridized carbons (Fsp3) is 0.0500. The van der Waals surface area contributed by atoms with Gasteiger partial charge in [-0.05, 0) is 24.3 Å². The van der Waals surface area contributed by atoms with E-state index in [9.17, 15) is 14.4 Å². The topological polar surface area (TPSA) is 93.9 Å². The number of aromatic nitrogens is 3. The number of benzene rings is 2. The third-order valence-electron chi connectivity index (χ3n) is 4.58. The minimum absolute atomic E-state index is 0.107. The van der Waals surface area contributed by atoms with Gasteiger partial charge in [0.05, 0.1) is 12.8 Å². The minimum atomic E-state index is -0.515. The molecule has 0 saturated heterocycles. The van der Waals surface area contributed by atoms with Crippen molar-refractivity contribution >= 4 is 33.8 Å². The number of methoxy groups -OCH3 is 1. The van der Waals surface area contributed by atoms with Crippen molar-refractivity contribution in [3.8, 4) is 17.0 Å². The third-order valence-corrected chi connectivity index (χ3v) is 5.60. The molecule has 0 bridgehead atoms. The number of thiazole rings is 1. The molecule has 3 heterocycles. The monoisotopic (exact) mass is 404 g/mol. The van der Waals surface area contributed by atoms with E-state index in [-0.39, 0.29) is 21.2 Å². The van der Waals surface area contributed by atoms with Crippen molar-refractivity contribution < 1.29 is 14.3 Å². The number of ether oxygens (including phenoxy) is 1. The first-order valence-corrected chi connectivity index (χ1v) is 9.42. The predicted octanol–water partition coefficient (Wildman–Crippen LogP) is 2.63. The molecule has 142 valence electrons. The molecule has 0 atom stereocenters. The highest BCUT2D eigenvalue weighted by Gasteiger charge is 2.41. The lowest BCUT2D eigenvalue weighted by Crippen LogP contribution is -2.30. The summed E-state index contributed by atoms with van der Waals surface area (Å²) in [5, 5.41) is 4.35. The van der Waals surface area contributed by atoms with Crippen molar-refractivity contribution in [1.82, 2.24) is 14.6 Å². The molecular weight excluding hydrogens is 392 g/mol. The van der Waals surface area contributed by atoms with E-state index >= 15 is 0 Å². The van der Waals surface area contributed by atoms with Gasteiger partial charge in [-0.2, -0.15) is 14.6 Å². The van der Waals surface area contributed by atoms with Crippen LogP contribution in [-0.2, 0) is 0 Å². The summed E-state index contributed by atoms with van der Waals surface area (Å²) < 4.78 is 6.40. The number of imide groups is 1. The first-order valence-electron chi connectivity index (χ1n) is 8.60. The molecule has 2 aromatic carbocycles. The van der Waals surface area contributed by atoms with Gasteiger partial charge >= 0.3 is 5.56 Å². The molecule has 0 unspecified atom stereocenters. The Morgan fingerprint density at radius 1 is 0.931 bits per heavy atom. The molecule has 2 amide bonds. The zero-order valence-corrected chi connectivity index (χ0v) is 15.8. The molecule has 2 aromatic heterocycles. The summed E-state index contributed by atoms with van der Waals surface area (Å²) in [6, 6.07) is 15.5. The highest BCUT2D eigenvalue weighted by atomic mass is 32.1. The van der Waals surface area contributed by atoms with Crippen LogP contribution in [0.1, 0.15) is 20.2 Å². The van der Waals surface area contributed by atoms with Crippen molar-refractivity contribution in [1.29, 1.82) is 0 Å². The van der Waals surface area contributed by atoms with Gasteiger partial charge in [0.25, 0.3) is 11.8 Å². The molecular formula is C20H12N4O4S. The fourth-order valence-electron chi connectivity index (χ4n) is 3.20. The summed E-state index contributed by atoms with van der Waals surface area (Å²) in [6.45, 7) is 0. The van der Waals surface area contributed by atoms with Crippen molar-refractivity contribution in [2.45, 2.75) is 0 Å². The first kappa shape index (κ1) is 17.3. The quantitative estimate of drug-likeness (QED) is 0.487. The number of anilines is 1. The largest absolute Gasteiger partial charge is 0.497 e. The van der Waals surface area contributed by atoms with E-state index in [4.69, 9.17) is 4.74 Å². The number of hydrogen-bond donors (Lipinski definition) is 0. The van der Waals surface area contributed by atoms with Gasteiger partial charge < -0.3 is 4.74 Å². The summed E-state index contributed by atoms with van der Waals surface area (Å²) in [5.41, 5.74) is 0.725. The van der Waals surface area contributed by atoms with Gasteiger partial charge in [-0.25, -0.2) is 4.90 Å². The molecule has 0 N–H and O–H groups in total. The summed E-state index contributed by atoms with van der Waals surface area (Å²) in [4.78, 5) is 43.9. The lowest BCUT2D eigenvalue weighted by Gasteiger charge is -2.14. The van der Waals surface area contributed by atoms with Gasteiger partial charge in [0.15, 0.2) is 11.4 Å². The number of fused-ring (bicyclic) bond motifs is 3. The van der Waals surface area contributed by atoms with E-state index in [0.29, 0.717) is 17.0 Å². The van der Waals surface area contributed by atoms with Crippen molar-refractivity contribution in [2.75, 3.05) is 12.0 Å². The third kappa shape index (κ3) is 2.55. The number of carbonyl (C=O) groups is 2. The lowest BCUT2D eigenvalue weighted by atomic mass is 10.2. The maximum absolute atomic E-state index is 13.1. The second-order valence-corrected chi connectivity index (χ2v) is 7.23. The van der Waals surface area contributed by atoms with Gasteiger partial charge in [0, 0.05) is 5.56 Å². The smallest absolute Gasteiger partial charge is 0.300 e. The van der Waals surface area contributed by atoms with E-state index in [0.717, 1.165) is 16.2 Å². The number of nitrogens with zero attached hydrogens (tertiary/aromatic N) is 4. The number of amides is 2. The van der Waals surface area contributed by atoms with Crippen molar-refractivity contribution in [2.24, 2.45) is 0 Å². The van der Waals surface area contributed by atoms with Crippen LogP contribution in [0.4, 0.5) is 5.69 Å². The molecule has 9 heteroatoms. The van der Waals surface area contributed by atoms with E-state index < -0.39 is 17.4 Å². The summed E-state index contributed by atoms with van der Waals surface area (Å²) in [7, 11) is 1.54. The first-order chi connectivity index (χ1) is 14.1. The second kappa shape index (κ2) is 6.35. The normalized spacial score (nSPS) is 13.2. The molecule has 8 nitrogen and oxygen atoms in total. The van der Waals surface area contributed by atoms with Crippen molar-refractivity contribution in [3.63, 3.8) is 0 Å². The van der Waals surface area contributed by atoms with E-state index in [1.54, 1.807) is 48.5 Å². The van der Waals surface area contributed by atoms with Crippen LogP contribution >= 0.6 is 11.3 Å². The predicted molar refractivity (Wildman–Crippen MR) is 107 cm³/mol. The Hall–Kier alpha value is -3.85. The number of carbonyl (C=O) groups excluding carboxylic acids is 2. The van der Waals surface area contributed by atoms with Gasteiger partial charge in [0.1, 0.15) is 10.6 Å². The Morgan fingerprint density at radius 3 is 2.34 bits per heavy atom. The summed E-state index contributed by atoms with van der Waals surface area (Å²) in [5.74, 6) is -0.372. The van der Waals surface area contributed by atoms with E-state index in [1.165, 1.54) is 11.6 Å². The Morgan fingerprint density at radius 2 is 1.66 bits per heavy atom.